The van der Waals surface area contributed by atoms with E-state index in [0.717, 1.165) is 53.6 Å². The molecular weight excluding hydrogens is 534 g/mol. The minimum atomic E-state index is -0.121. The van der Waals surface area contributed by atoms with Crippen LogP contribution in [0.2, 0.25) is 0 Å². The number of methoxy groups -OCH3 is 2. The van der Waals surface area contributed by atoms with Gasteiger partial charge in [-0.25, -0.2) is 4.98 Å². The number of benzene rings is 3. The van der Waals surface area contributed by atoms with Gasteiger partial charge in [-0.2, -0.15) is 0 Å². The molecule has 0 aliphatic heterocycles. The van der Waals surface area contributed by atoms with E-state index in [4.69, 9.17) is 14.2 Å². The summed E-state index contributed by atoms with van der Waals surface area (Å²) >= 11 is 1.52. The lowest BCUT2D eigenvalue weighted by atomic mass is 10.1. The smallest absolute Gasteiger partial charge is 0.270 e. The van der Waals surface area contributed by atoms with E-state index in [1.54, 1.807) is 14.2 Å². The first-order valence-corrected chi connectivity index (χ1v) is 14.8. The van der Waals surface area contributed by atoms with Crippen LogP contribution in [0.1, 0.15) is 52.5 Å². The zero-order chi connectivity index (χ0) is 29.0. The van der Waals surface area contributed by atoms with E-state index in [1.165, 1.54) is 16.9 Å². The Labute approximate surface area is 247 Å². The Morgan fingerprint density at radius 3 is 2.37 bits per heavy atom. The van der Waals surface area contributed by atoms with Crippen LogP contribution in [0.25, 0.3) is 0 Å². The molecule has 8 heteroatoms. The third-order valence-corrected chi connectivity index (χ3v) is 7.71. The van der Waals surface area contributed by atoms with Crippen molar-refractivity contribution in [2.75, 3.05) is 20.8 Å². The van der Waals surface area contributed by atoms with Gasteiger partial charge in [0.2, 0.25) is 0 Å². The number of amides is 1. The van der Waals surface area contributed by atoms with Crippen LogP contribution in [0.3, 0.4) is 0 Å². The summed E-state index contributed by atoms with van der Waals surface area (Å²) < 4.78 is 16.9. The van der Waals surface area contributed by atoms with Crippen LogP contribution in [0.5, 0.6) is 17.2 Å². The van der Waals surface area contributed by atoms with Gasteiger partial charge in [0.15, 0.2) is 11.5 Å². The molecule has 0 saturated heterocycles. The number of carbonyl (C=O) groups is 1. The Hall–Kier alpha value is -3.88. The van der Waals surface area contributed by atoms with Crippen molar-refractivity contribution in [3.63, 3.8) is 0 Å². The van der Waals surface area contributed by atoms with Gasteiger partial charge in [0.05, 0.1) is 20.8 Å². The van der Waals surface area contributed by atoms with Gasteiger partial charge in [0, 0.05) is 24.5 Å². The number of hydrogen-bond donors (Lipinski definition) is 1. The Morgan fingerprint density at radius 2 is 1.66 bits per heavy atom. The van der Waals surface area contributed by atoms with Crippen LogP contribution < -0.4 is 19.5 Å². The summed E-state index contributed by atoms with van der Waals surface area (Å²) in [4.78, 5) is 19.6. The van der Waals surface area contributed by atoms with Gasteiger partial charge in [-0.15, -0.1) is 11.3 Å². The number of aromatic nitrogens is 1. The predicted octanol–water partition coefficient (Wildman–Crippen LogP) is 6.51. The van der Waals surface area contributed by atoms with Crippen molar-refractivity contribution in [1.82, 2.24) is 15.2 Å². The molecule has 0 bridgehead atoms. The van der Waals surface area contributed by atoms with Crippen LogP contribution in [-0.4, -0.2) is 42.6 Å². The molecule has 4 rings (SSSR count). The molecule has 4 aromatic rings. The Morgan fingerprint density at radius 1 is 0.927 bits per heavy atom. The lowest BCUT2D eigenvalue weighted by molar-refractivity contribution is 0.0934. The van der Waals surface area contributed by atoms with E-state index in [0.29, 0.717) is 24.6 Å². The zero-order valence-electron chi connectivity index (χ0n) is 24.3. The summed E-state index contributed by atoms with van der Waals surface area (Å²) in [5, 5.41) is 5.76. The van der Waals surface area contributed by atoms with Crippen LogP contribution >= 0.6 is 11.3 Å². The molecule has 1 atom stereocenters. The summed E-state index contributed by atoms with van der Waals surface area (Å²) in [6, 6.07) is 24.6. The van der Waals surface area contributed by atoms with Crippen molar-refractivity contribution in [2.45, 2.75) is 52.4 Å². The van der Waals surface area contributed by atoms with E-state index < -0.39 is 0 Å². The average Bonchev–Trinajstić information content (AvgIpc) is 3.48. The Bertz CT molecular complexity index is 1380. The highest BCUT2D eigenvalue weighted by Gasteiger charge is 2.16. The fraction of sp³-hybridized carbons (Fsp3) is 0.333. The average molecular weight is 574 g/mol. The van der Waals surface area contributed by atoms with Gasteiger partial charge in [-0.3, -0.25) is 9.69 Å². The van der Waals surface area contributed by atoms with Gasteiger partial charge in [0.1, 0.15) is 23.1 Å². The van der Waals surface area contributed by atoms with E-state index in [2.05, 4.69) is 52.5 Å². The lowest BCUT2D eigenvalue weighted by Gasteiger charge is -2.22. The number of nitrogens with one attached hydrogen (secondary N) is 1. The summed E-state index contributed by atoms with van der Waals surface area (Å²) in [5.74, 6) is 2.16. The maximum absolute atomic E-state index is 12.6. The highest BCUT2D eigenvalue weighted by Crippen LogP contribution is 2.28. The second-order valence-electron chi connectivity index (χ2n) is 9.98. The van der Waals surface area contributed by atoms with Gasteiger partial charge in [-0.05, 0) is 60.7 Å². The fourth-order valence-corrected chi connectivity index (χ4v) is 5.12. The minimum absolute atomic E-state index is 0.116. The number of carbonyl (C=O) groups excluding carboxylic acids is 1. The third-order valence-electron chi connectivity index (χ3n) is 6.88. The molecule has 1 heterocycles. The molecule has 7 nitrogen and oxygen atoms in total. The molecule has 0 aliphatic rings. The molecule has 0 aliphatic carbocycles. The Kier molecular flexibility index (Phi) is 11.2. The first kappa shape index (κ1) is 30.1. The van der Waals surface area contributed by atoms with Crippen molar-refractivity contribution in [2.24, 2.45) is 0 Å². The van der Waals surface area contributed by atoms with Crippen molar-refractivity contribution < 1.29 is 19.0 Å². The van der Waals surface area contributed by atoms with E-state index in [9.17, 15) is 4.79 Å². The Balaban J connectivity index is 1.44. The third kappa shape index (κ3) is 9.06. The number of nitrogens with zero attached hydrogens (tertiary/aromatic N) is 2. The first-order chi connectivity index (χ1) is 20.0. The van der Waals surface area contributed by atoms with Gasteiger partial charge < -0.3 is 19.5 Å². The highest BCUT2D eigenvalue weighted by atomic mass is 32.1. The van der Waals surface area contributed by atoms with Crippen LogP contribution in [0.4, 0.5) is 0 Å². The van der Waals surface area contributed by atoms with Crippen LogP contribution in [0, 0.1) is 0 Å². The summed E-state index contributed by atoms with van der Waals surface area (Å²) in [6.45, 7) is 6.76. The molecule has 0 spiro atoms. The SMILES string of the molecule is CCC(C)NC(=O)c1csc(CN(CCc2ccc(OC)c(OC)c2)Cc2ccc(OCc3ccccc3)cc2)n1. The number of ether oxygens (including phenoxy) is 3. The molecule has 1 unspecified atom stereocenters. The largest absolute Gasteiger partial charge is 0.493 e. The first-order valence-electron chi connectivity index (χ1n) is 13.9. The summed E-state index contributed by atoms with van der Waals surface area (Å²) in [5.41, 5.74) is 3.95. The summed E-state index contributed by atoms with van der Waals surface area (Å²) in [7, 11) is 3.29. The highest BCUT2D eigenvalue weighted by molar-refractivity contribution is 7.09. The van der Waals surface area contributed by atoms with Gasteiger partial charge in [0.25, 0.3) is 5.91 Å². The quantitative estimate of drug-likeness (QED) is 0.175. The number of thiazole rings is 1. The second kappa shape index (κ2) is 15.2. The monoisotopic (exact) mass is 573 g/mol. The molecule has 0 saturated carbocycles. The second-order valence-corrected chi connectivity index (χ2v) is 10.9. The molecule has 216 valence electrons. The molecule has 0 fully saturated rings. The lowest BCUT2D eigenvalue weighted by Crippen LogP contribution is -2.32. The van der Waals surface area contributed by atoms with Gasteiger partial charge >= 0.3 is 0 Å². The number of rotatable bonds is 15. The van der Waals surface area contributed by atoms with Crippen molar-refractivity contribution >= 4 is 17.2 Å². The molecule has 0 radical (unpaired) electrons. The normalized spacial score (nSPS) is 11.7. The van der Waals surface area contributed by atoms with Crippen LogP contribution in [0.15, 0.2) is 78.2 Å². The van der Waals surface area contributed by atoms with E-state index >= 15 is 0 Å². The summed E-state index contributed by atoms with van der Waals surface area (Å²) in [6.07, 6.45) is 1.70. The topological polar surface area (TPSA) is 72.9 Å². The van der Waals surface area contributed by atoms with Gasteiger partial charge in [-0.1, -0.05) is 55.5 Å². The van der Waals surface area contributed by atoms with Crippen molar-refractivity contribution in [3.05, 3.63) is 106 Å². The fourth-order valence-electron chi connectivity index (χ4n) is 4.31. The number of hydrogen-bond acceptors (Lipinski definition) is 7. The molecular formula is C33H39N3O4S. The van der Waals surface area contributed by atoms with E-state index in [1.807, 2.05) is 54.8 Å². The van der Waals surface area contributed by atoms with Crippen molar-refractivity contribution in [1.29, 1.82) is 0 Å². The molecule has 1 N–H and O–H groups in total. The van der Waals surface area contributed by atoms with E-state index in [-0.39, 0.29) is 11.9 Å². The standard InChI is InChI=1S/C33H39N3O4S/c1-5-24(2)34-33(37)29-23-41-32(35-29)21-36(18-17-25-13-16-30(38-3)31(19-25)39-4)20-26-11-14-28(15-12-26)40-22-27-9-7-6-8-10-27/h6-16,19,23-24H,5,17-18,20-22H2,1-4H3,(H,34,37). The molecule has 1 aromatic heterocycles. The zero-order valence-corrected chi connectivity index (χ0v) is 25.1. The van der Waals surface area contributed by atoms with Crippen molar-refractivity contribution in [3.8, 4) is 17.2 Å². The maximum atomic E-state index is 12.6. The predicted molar refractivity (Wildman–Crippen MR) is 164 cm³/mol. The molecule has 1 amide bonds. The maximum Gasteiger partial charge on any atom is 0.270 e. The van der Waals surface area contributed by atoms with Crippen LogP contribution in [-0.2, 0) is 26.1 Å². The molecule has 3 aromatic carbocycles. The minimum Gasteiger partial charge on any atom is -0.493 e. The molecule has 41 heavy (non-hydrogen) atoms.